The zero-order chi connectivity index (χ0) is 27.4. The summed E-state index contributed by atoms with van der Waals surface area (Å²) in [5.74, 6) is 0.490. The second-order valence-electron chi connectivity index (χ2n) is 9.86. The van der Waals surface area contributed by atoms with Crippen LogP contribution in [0.3, 0.4) is 0 Å². The smallest absolute Gasteiger partial charge is 0.255 e. The van der Waals surface area contributed by atoms with Gasteiger partial charge in [-0.2, -0.15) is 4.31 Å². The van der Waals surface area contributed by atoms with Crippen molar-refractivity contribution in [3.8, 4) is 11.3 Å². The molecule has 3 aromatic rings. The SMILES string of the molecule is CCOP(C)(=O)CCCCN(Cc1nc2oc(-c3ccc(C)cc3)c(C(=O)NC)c2cc1C1CC1)S(=O)O. The fourth-order valence-corrected chi connectivity index (χ4v) is 6.60. The first kappa shape index (κ1) is 28.6. The molecule has 0 aliphatic heterocycles. The van der Waals surface area contributed by atoms with Crippen LogP contribution < -0.4 is 5.32 Å². The van der Waals surface area contributed by atoms with Crippen molar-refractivity contribution in [3.05, 3.63) is 52.7 Å². The number of hydrogen-bond donors (Lipinski definition) is 2. The summed E-state index contributed by atoms with van der Waals surface area (Å²) in [5, 5.41) is 3.35. The normalized spacial score (nSPS) is 16.1. The molecule has 2 atom stereocenters. The number of hydrogen-bond acceptors (Lipinski definition) is 6. The quantitative estimate of drug-likeness (QED) is 0.156. The second kappa shape index (κ2) is 12.2. The molecule has 1 aliphatic carbocycles. The fourth-order valence-electron chi connectivity index (χ4n) is 4.61. The fraction of sp³-hybridized carbons (Fsp3) is 0.481. The van der Waals surface area contributed by atoms with E-state index >= 15 is 0 Å². The van der Waals surface area contributed by atoms with Crippen LogP contribution in [-0.4, -0.2) is 57.0 Å². The molecule has 1 amide bonds. The van der Waals surface area contributed by atoms with Gasteiger partial charge >= 0.3 is 0 Å². The van der Waals surface area contributed by atoms with Crippen molar-refractivity contribution in [2.24, 2.45) is 0 Å². The zero-order valence-electron chi connectivity index (χ0n) is 22.4. The van der Waals surface area contributed by atoms with E-state index in [0.29, 0.717) is 66.2 Å². The lowest BCUT2D eigenvalue weighted by Crippen LogP contribution is -2.27. The molecule has 2 heterocycles. The molecule has 1 aromatic carbocycles. The lowest BCUT2D eigenvalue weighted by atomic mass is 10.0. The first-order valence-electron chi connectivity index (χ1n) is 13.0. The molecular formula is C27H36N3O6PS. The van der Waals surface area contributed by atoms with Crippen LogP contribution in [-0.2, 0) is 26.9 Å². The average Bonchev–Trinajstić information content (AvgIpc) is 3.65. The van der Waals surface area contributed by atoms with Gasteiger partial charge in [-0.05, 0) is 57.1 Å². The van der Waals surface area contributed by atoms with E-state index in [-0.39, 0.29) is 12.5 Å². The minimum Gasteiger partial charge on any atom is -0.437 e. The molecule has 11 heteroatoms. The summed E-state index contributed by atoms with van der Waals surface area (Å²) in [7, 11) is -1.05. The molecule has 9 nitrogen and oxygen atoms in total. The number of unbranched alkanes of at least 4 members (excludes halogenated alkanes) is 1. The Morgan fingerprint density at radius 2 is 2.00 bits per heavy atom. The molecule has 1 fully saturated rings. The molecule has 0 bridgehead atoms. The molecule has 0 spiro atoms. The number of amides is 1. The highest BCUT2D eigenvalue weighted by atomic mass is 32.2. The molecule has 0 saturated heterocycles. The summed E-state index contributed by atoms with van der Waals surface area (Å²) in [6.07, 6.45) is 3.66. The van der Waals surface area contributed by atoms with Crippen molar-refractivity contribution in [1.82, 2.24) is 14.6 Å². The van der Waals surface area contributed by atoms with Crippen molar-refractivity contribution in [3.63, 3.8) is 0 Å². The summed E-state index contributed by atoms with van der Waals surface area (Å²) in [5.41, 5.74) is 4.29. The topological polar surface area (TPSA) is 122 Å². The van der Waals surface area contributed by atoms with E-state index in [0.717, 1.165) is 29.5 Å². The van der Waals surface area contributed by atoms with Gasteiger partial charge in [0.15, 0.2) is 7.37 Å². The Balaban J connectivity index is 1.65. The summed E-state index contributed by atoms with van der Waals surface area (Å²) >= 11 is -2.21. The van der Waals surface area contributed by atoms with Gasteiger partial charge in [-0.1, -0.05) is 29.8 Å². The standard InChI is InChI=1S/C27H36N3O6PS/c1-5-35-37(4,32)15-7-6-14-30(38(33)34)17-23-21(19-12-13-19)16-22-24(26(31)28-3)25(36-27(22)29-23)20-10-8-18(2)9-11-20/h8-11,16,19H,5-7,12-15,17H2,1-4H3,(H,28,31)(H,33,34). The molecule has 2 N–H and O–H groups in total. The molecule has 38 heavy (non-hydrogen) atoms. The third kappa shape index (κ3) is 6.79. The van der Waals surface area contributed by atoms with Crippen LogP contribution in [0, 0.1) is 6.92 Å². The molecule has 2 unspecified atom stereocenters. The van der Waals surface area contributed by atoms with Crippen molar-refractivity contribution in [2.45, 2.75) is 52.0 Å². The number of nitrogens with zero attached hydrogens (tertiary/aromatic N) is 2. The number of nitrogens with one attached hydrogen (secondary N) is 1. The Morgan fingerprint density at radius 3 is 2.61 bits per heavy atom. The van der Waals surface area contributed by atoms with Gasteiger partial charge in [-0.15, -0.1) is 0 Å². The van der Waals surface area contributed by atoms with E-state index < -0.39 is 18.6 Å². The maximum atomic E-state index is 12.9. The van der Waals surface area contributed by atoms with Crippen LogP contribution >= 0.6 is 7.37 Å². The van der Waals surface area contributed by atoms with Crippen molar-refractivity contribution >= 4 is 35.6 Å². The monoisotopic (exact) mass is 561 g/mol. The van der Waals surface area contributed by atoms with Crippen LogP contribution in [0.25, 0.3) is 22.4 Å². The third-order valence-electron chi connectivity index (χ3n) is 6.75. The Hall–Kier alpha value is -2.36. The average molecular weight is 562 g/mol. The molecule has 4 rings (SSSR count). The van der Waals surface area contributed by atoms with Gasteiger partial charge < -0.3 is 14.3 Å². The van der Waals surface area contributed by atoms with E-state index in [2.05, 4.69) is 5.32 Å². The van der Waals surface area contributed by atoms with E-state index in [1.807, 2.05) is 44.2 Å². The molecule has 1 aliphatic rings. The van der Waals surface area contributed by atoms with Crippen molar-refractivity contribution < 1.29 is 27.1 Å². The van der Waals surface area contributed by atoms with Crippen molar-refractivity contribution in [2.75, 3.05) is 33.0 Å². The maximum absolute atomic E-state index is 12.9. The predicted molar refractivity (Wildman–Crippen MR) is 150 cm³/mol. The first-order valence-corrected chi connectivity index (χ1v) is 16.3. The predicted octanol–water partition coefficient (Wildman–Crippen LogP) is 5.70. The highest BCUT2D eigenvalue weighted by Gasteiger charge is 2.31. The largest absolute Gasteiger partial charge is 0.437 e. The minimum absolute atomic E-state index is 0.163. The van der Waals surface area contributed by atoms with Gasteiger partial charge in [0.1, 0.15) is 5.76 Å². The molecule has 206 valence electrons. The molecule has 0 radical (unpaired) electrons. The molecular weight excluding hydrogens is 525 g/mol. The number of fused-ring (bicyclic) bond motifs is 1. The number of pyridine rings is 1. The van der Waals surface area contributed by atoms with E-state index in [1.54, 1.807) is 13.7 Å². The zero-order valence-corrected chi connectivity index (χ0v) is 24.1. The highest BCUT2D eigenvalue weighted by Crippen LogP contribution is 2.45. The van der Waals surface area contributed by atoms with Crippen LogP contribution in [0.4, 0.5) is 0 Å². The third-order valence-corrected chi connectivity index (χ3v) is 9.44. The maximum Gasteiger partial charge on any atom is 0.255 e. The number of rotatable bonds is 13. The molecule has 1 saturated carbocycles. The van der Waals surface area contributed by atoms with Gasteiger partial charge in [0.05, 0.1) is 29.8 Å². The van der Waals surface area contributed by atoms with Gasteiger partial charge in [0.25, 0.3) is 5.91 Å². The summed E-state index contributed by atoms with van der Waals surface area (Å²) < 4.78 is 47.5. The van der Waals surface area contributed by atoms with Crippen LogP contribution in [0.15, 0.2) is 34.7 Å². The lowest BCUT2D eigenvalue weighted by molar-refractivity contribution is 0.0964. The Morgan fingerprint density at radius 1 is 1.29 bits per heavy atom. The Kier molecular flexibility index (Phi) is 9.21. The van der Waals surface area contributed by atoms with Gasteiger partial charge in [-0.3, -0.25) is 13.9 Å². The summed E-state index contributed by atoms with van der Waals surface area (Å²) in [6, 6.07) is 9.73. The Bertz CT molecular complexity index is 1370. The van der Waals surface area contributed by atoms with E-state index in [4.69, 9.17) is 13.9 Å². The van der Waals surface area contributed by atoms with Crippen LogP contribution in [0.1, 0.15) is 65.7 Å². The minimum atomic E-state index is -2.64. The Labute approximate surface area is 226 Å². The second-order valence-corrected chi connectivity index (χ2v) is 13.6. The summed E-state index contributed by atoms with van der Waals surface area (Å²) in [6.45, 7) is 6.34. The molecule has 2 aromatic heterocycles. The number of carbonyl (C=O) groups excluding carboxylic acids is 1. The number of benzene rings is 1. The number of carbonyl (C=O) groups is 1. The van der Waals surface area contributed by atoms with Gasteiger partial charge in [-0.25, -0.2) is 9.19 Å². The van der Waals surface area contributed by atoms with Crippen LogP contribution in [0.2, 0.25) is 0 Å². The highest BCUT2D eigenvalue weighted by molar-refractivity contribution is 7.76. The van der Waals surface area contributed by atoms with Crippen LogP contribution in [0.5, 0.6) is 0 Å². The van der Waals surface area contributed by atoms with Crippen molar-refractivity contribution in [1.29, 1.82) is 0 Å². The number of aryl methyl sites for hydroxylation is 1. The van der Waals surface area contributed by atoms with E-state index in [1.165, 1.54) is 4.31 Å². The number of aromatic nitrogens is 1. The number of furan rings is 1. The van der Waals surface area contributed by atoms with Gasteiger partial charge in [0, 0.05) is 32.0 Å². The van der Waals surface area contributed by atoms with Gasteiger partial charge in [0.2, 0.25) is 17.0 Å². The lowest BCUT2D eigenvalue weighted by Gasteiger charge is -2.19. The first-order chi connectivity index (χ1) is 18.1. The summed E-state index contributed by atoms with van der Waals surface area (Å²) in [4.78, 5) is 17.7. The van der Waals surface area contributed by atoms with E-state index in [9.17, 15) is 18.1 Å².